The van der Waals surface area contributed by atoms with Crippen LogP contribution in [0.25, 0.3) is 0 Å². The molecule has 8 nitrogen and oxygen atoms in total. The Morgan fingerprint density at radius 3 is 1.16 bits per heavy atom. The standard InChI is InChI=1S/C67H127N2O6P/c1-6-8-10-12-14-16-18-20-22-24-26-28-30-31-32-33-34-35-36-37-39-41-43-45-47-49-51-53-55-57-59-61-67(71)68-65(64-75-76(72,73)74-63-62-69(3,4)5)66(70)60-58-56-54-52-50-48-46-44-42-40-38-29-27-25-23-21-19-17-15-13-11-9-7-2/h8,10,14,16,20,22,26,28,31-32,65-66,70H,6-7,9,11-13,15,17-19,21,23-25,27,29-30,33-64H2,1-5H3,(H-,68,71,72,73)/p+1/b10-8-,16-14-,22-20-,28-26-,32-31-. The van der Waals surface area contributed by atoms with Crippen LogP contribution in [0.15, 0.2) is 60.8 Å². The maximum Gasteiger partial charge on any atom is 0.472 e. The first-order chi connectivity index (χ1) is 37.0. The van der Waals surface area contributed by atoms with Crippen molar-refractivity contribution in [3.05, 3.63) is 60.8 Å². The minimum absolute atomic E-state index is 0.0744. The molecule has 0 rings (SSSR count). The fourth-order valence-electron chi connectivity index (χ4n) is 9.72. The summed E-state index contributed by atoms with van der Waals surface area (Å²) in [6.45, 7) is 4.81. The molecule has 1 amide bonds. The summed E-state index contributed by atoms with van der Waals surface area (Å²) in [5.74, 6) is -0.142. The molecule has 0 heterocycles. The first-order valence-corrected chi connectivity index (χ1v) is 34.1. The Bertz CT molecular complexity index is 1420. The van der Waals surface area contributed by atoms with E-state index in [0.29, 0.717) is 23.9 Å². The van der Waals surface area contributed by atoms with Crippen molar-refractivity contribution in [2.24, 2.45) is 0 Å². The van der Waals surface area contributed by atoms with E-state index in [1.165, 1.54) is 212 Å². The Labute approximate surface area is 472 Å². The minimum Gasteiger partial charge on any atom is -0.391 e. The summed E-state index contributed by atoms with van der Waals surface area (Å²) in [6.07, 6.45) is 78.7. The third-order valence-electron chi connectivity index (χ3n) is 14.8. The monoisotopic (exact) mass is 1090 g/mol. The van der Waals surface area contributed by atoms with Crippen LogP contribution in [0.2, 0.25) is 0 Å². The predicted octanol–water partition coefficient (Wildman–Crippen LogP) is 20.4. The largest absolute Gasteiger partial charge is 0.472 e. The zero-order valence-corrected chi connectivity index (χ0v) is 51.9. The number of rotatable bonds is 60. The van der Waals surface area contributed by atoms with Crippen LogP contribution in [0.4, 0.5) is 0 Å². The van der Waals surface area contributed by atoms with Crippen molar-refractivity contribution < 1.29 is 32.9 Å². The first-order valence-electron chi connectivity index (χ1n) is 32.7. The highest BCUT2D eigenvalue weighted by atomic mass is 31.2. The Kier molecular flexibility index (Phi) is 56.5. The second kappa shape index (κ2) is 57.9. The van der Waals surface area contributed by atoms with E-state index in [4.69, 9.17) is 9.05 Å². The summed E-state index contributed by atoms with van der Waals surface area (Å²) in [5.41, 5.74) is 0. The number of carbonyl (C=O) groups excluding carboxylic acids is 1. The maximum absolute atomic E-state index is 13.1. The van der Waals surface area contributed by atoms with Gasteiger partial charge in [-0.3, -0.25) is 13.8 Å². The second-order valence-corrected chi connectivity index (χ2v) is 24.9. The topological polar surface area (TPSA) is 105 Å². The SMILES string of the molecule is CC/C=C\C/C=C\C/C=C\C/C=C\C/C=C\CCCCCCCCCCCCCCCCCC(=O)NC(COP(=O)(O)OCC[N+](C)(C)C)C(O)CCCCCCCCCCCCCCCCCCCCCCCCC. The number of phosphoric ester groups is 1. The van der Waals surface area contributed by atoms with Gasteiger partial charge in [-0.05, 0) is 57.8 Å². The lowest BCUT2D eigenvalue weighted by Gasteiger charge is -2.26. The Morgan fingerprint density at radius 2 is 0.789 bits per heavy atom. The number of likely N-dealkylation sites (N-methyl/N-ethyl adjacent to an activating group) is 1. The van der Waals surface area contributed by atoms with Crippen molar-refractivity contribution in [1.29, 1.82) is 0 Å². The van der Waals surface area contributed by atoms with Gasteiger partial charge < -0.3 is 19.8 Å². The summed E-state index contributed by atoms with van der Waals surface area (Å²) in [5, 5.41) is 14.1. The van der Waals surface area contributed by atoms with Gasteiger partial charge in [0.1, 0.15) is 13.2 Å². The molecule has 3 unspecified atom stereocenters. The molecule has 0 aliphatic rings. The van der Waals surface area contributed by atoms with Crippen LogP contribution in [-0.4, -0.2) is 73.4 Å². The molecule has 0 spiro atoms. The van der Waals surface area contributed by atoms with Crippen molar-refractivity contribution in [1.82, 2.24) is 5.32 Å². The minimum atomic E-state index is -4.33. The van der Waals surface area contributed by atoms with E-state index in [2.05, 4.69) is 79.9 Å². The summed E-state index contributed by atoms with van der Waals surface area (Å²) in [4.78, 5) is 23.4. The van der Waals surface area contributed by atoms with Crippen LogP contribution < -0.4 is 5.32 Å². The summed E-state index contributed by atoms with van der Waals surface area (Å²) in [6, 6.07) is -0.764. The number of carbonyl (C=O) groups is 1. The van der Waals surface area contributed by atoms with Gasteiger partial charge in [0.25, 0.3) is 0 Å². The number of aliphatic hydroxyl groups is 1. The van der Waals surface area contributed by atoms with Gasteiger partial charge in [0.15, 0.2) is 0 Å². The molecule has 0 aromatic rings. The molecule has 0 aromatic carbocycles. The van der Waals surface area contributed by atoms with E-state index in [1.807, 2.05) is 21.1 Å². The molecule has 3 atom stereocenters. The van der Waals surface area contributed by atoms with Crippen LogP contribution in [0, 0.1) is 0 Å². The quantitative estimate of drug-likeness (QED) is 0.0243. The molecule has 0 saturated heterocycles. The van der Waals surface area contributed by atoms with E-state index < -0.39 is 20.0 Å². The number of amides is 1. The van der Waals surface area contributed by atoms with Gasteiger partial charge in [0, 0.05) is 6.42 Å². The second-order valence-electron chi connectivity index (χ2n) is 23.5. The molecule has 0 aliphatic heterocycles. The average Bonchev–Trinajstić information content (AvgIpc) is 3.38. The van der Waals surface area contributed by atoms with E-state index in [1.54, 1.807) is 0 Å². The summed E-state index contributed by atoms with van der Waals surface area (Å²) < 4.78 is 23.9. The molecule has 76 heavy (non-hydrogen) atoms. The smallest absolute Gasteiger partial charge is 0.391 e. The van der Waals surface area contributed by atoms with Crippen LogP contribution in [0.5, 0.6) is 0 Å². The number of hydrogen-bond donors (Lipinski definition) is 3. The number of quaternary nitrogens is 1. The first kappa shape index (κ1) is 74.2. The third-order valence-corrected chi connectivity index (χ3v) is 15.8. The number of hydrogen-bond acceptors (Lipinski definition) is 5. The van der Waals surface area contributed by atoms with Gasteiger partial charge >= 0.3 is 7.82 Å². The highest BCUT2D eigenvalue weighted by molar-refractivity contribution is 7.47. The van der Waals surface area contributed by atoms with Crippen molar-refractivity contribution in [2.75, 3.05) is 40.9 Å². The number of phosphoric acid groups is 1. The number of aliphatic hydroxyl groups excluding tert-OH is 1. The summed E-state index contributed by atoms with van der Waals surface area (Å²) >= 11 is 0. The lowest BCUT2D eigenvalue weighted by atomic mass is 10.0. The average molecular weight is 1090 g/mol. The van der Waals surface area contributed by atoms with Gasteiger partial charge in [-0.25, -0.2) is 4.57 Å². The normalized spacial score (nSPS) is 14.1. The van der Waals surface area contributed by atoms with Crippen molar-refractivity contribution in [3.63, 3.8) is 0 Å². The Morgan fingerprint density at radius 1 is 0.461 bits per heavy atom. The maximum atomic E-state index is 13.1. The molecule has 0 aromatic heterocycles. The van der Waals surface area contributed by atoms with Gasteiger partial charge in [-0.1, -0.05) is 306 Å². The molecular formula is C67H128N2O6P+. The third kappa shape index (κ3) is 59.9. The molecule has 446 valence electrons. The van der Waals surface area contributed by atoms with Gasteiger partial charge in [0.05, 0.1) is 39.9 Å². The lowest BCUT2D eigenvalue weighted by molar-refractivity contribution is -0.870. The predicted molar refractivity (Wildman–Crippen MR) is 332 cm³/mol. The Balaban J connectivity index is 4.07. The zero-order chi connectivity index (χ0) is 55.6. The molecule has 3 N–H and O–H groups in total. The van der Waals surface area contributed by atoms with Crippen molar-refractivity contribution in [3.8, 4) is 0 Å². The van der Waals surface area contributed by atoms with E-state index in [0.717, 1.165) is 70.6 Å². The number of nitrogens with zero attached hydrogens (tertiary/aromatic N) is 1. The van der Waals surface area contributed by atoms with Crippen molar-refractivity contribution in [2.45, 2.75) is 321 Å². The molecular weight excluding hydrogens is 960 g/mol. The molecule has 0 saturated carbocycles. The summed E-state index contributed by atoms with van der Waals surface area (Å²) in [7, 11) is 1.62. The fourth-order valence-corrected chi connectivity index (χ4v) is 10.5. The van der Waals surface area contributed by atoms with E-state index in [-0.39, 0.29) is 19.1 Å². The highest BCUT2D eigenvalue weighted by Gasteiger charge is 2.28. The number of nitrogens with one attached hydrogen (secondary N) is 1. The molecule has 9 heteroatoms. The van der Waals surface area contributed by atoms with Gasteiger partial charge in [0.2, 0.25) is 5.91 Å². The zero-order valence-electron chi connectivity index (χ0n) is 51.0. The molecule has 0 radical (unpaired) electrons. The number of allylic oxidation sites excluding steroid dienone is 10. The molecule has 0 bridgehead atoms. The van der Waals surface area contributed by atoms with E-state index >= 15 is 0 Å². The van der Waals surface area contributed by atoms with Crippen LogP contribution in [-0.2, 0) is 18.4 Å². The number of unbranched alkanes of at least 4 members (excludes halogenated alkanes) is 37. The van der Waals surface area contributed by atoms with Gasteiger partial charge in [-0.2, -0.15) is 0 Å². The van der Waals surface area contributed by atoms with Crippen LogP contribution in [0.3, 0.4) is 0 Å². The van der Waals surface area contributed by atoms with E-state index in [9.17, 15) is 19.4 Å². The Hall–Kier alpha value is -1.80. The molecule has 0 fully saturated rings. The molecule has 0 aliphatic carbocycles. The van der Waals surface area contributed by atoms with Crippen molar-refractivity contribution >= 4 is 13.7 Å². The van der Waals surface area contributed by atoms with Gasteiger partial charge in [-0.15, -0.1) is 0 Å². The van der Waals surface area contributed by atoms with Crippen LogP contribution in [0.1, 0.15) is 309 Å². The highest BCUT2D eigenvalue weighted by Crippen LogP contribution is 2.43. The fraction of sp³-hybridized carbons (Fsp3) is 0.836. The van der Waals surface area contributed by atoms with Crippen LogP contribution >= 0.6 is 7.82 Å². The lowest BCUT2D eigenvalue weighted by Crippen LogP contribution is -2.46.